The molecule has 12 heavy (non-hydrogen) atoms. The Morgan fingerprint density at radius 3 is 3.17 bits per heavy atom. The van der Waals surface area contributed by atoms with Gasteiger partial charge < -0.3 is 5.32 Å². The van der Waals surface area contributed by atoms with Crippen molar-refractivity contribution in [2.75, 3.05) is 13.1 Å². The highest BCUT2D eigenvalue weighted by atomic mass is 14.9. The minimum atomic E-state index is 0.693. The van der Waals surface area contributed by atoms with Gasteiger partial charge in [-0.05, 0) is 37.4 Å². The average Bonchev–Trinajstić information content (AvgIpc) is 2.57. The highest BCUT2D eigenvalue weighted by Crippen LogP contribution is 2.23. The molecule has 2 heteroatoms. The van der Waals surface area contributed by atoms with E-state index in [4.69, 9.17) is 0 Å². The lowest BCUT2D eigenvalue weighted by Crippen LogP contribution is -2.09. The maximum Gasteiger partial charge on any atom is 0.0407 e. The fourth-order valence-corrected chi connectivity index (χ4v) is 1.85. The van der Waals surface area contributed by atoms with Crippen LogP contribution in [0.5, 0.6) is 0 Å². The molecule has 0 spiro atoms. The molecule has 0 saturated carbocycles. The predicted molar refractivity (Wildman–Crippen MR) is 49.2 cm³/mol. The van der Waals surface area contributed by atoms with E-state index in [1.165, 1.54) is 17.7 Å². The van der Waals surface area contributed by atoms with Gasteiger partial charge in [0.1, 0.15) is 0 Å². The second kappa shape index (κ2) is 3.23. The largest absolute Gasteiger partial charge is 0.316 e. The summed E-state index contributed by atoms with van der Waals surface area (Å²) in [5.41, 5.74) is 2.61. The predicted octanol–water partition coefficient (Wildman–Crippen LogP) is 1.47. The first-order valence-corrected chi connectivity index (χ1v) is 4.50. The molecule has 1 fully saturated rings. The van der Waals surface area contributed by atoms with Crippen molar-refractivity contribution in [3.8, 4) is 0 Å². The number of nitrogens with one attached hydrogen (secondary N) is 1. The van der Waals surface area contributed by atoms with Crippen LogP contribution in [0.25, 0.3) is 0 Å². The summed E-state index contributed by atoms with van der Waals surface area (Å²) in [7, 11) is 0. The summed E-state index contributed by atoms with van der Waals surface area (Å²) in [6, 6.07) is 4.22. The second-order valence-electron chi connectivity index (χ2n) is 3.37. The smallest absolute Gasteiger partial charge is 0.0407 e. The fourth-order valence-electron chi connectivity index (χ4n) is 1.85. The molecular formula is C10H14N2. The number of rotatable bonds is 1. The van der Waals surface area contributed by atoms with Crippen LogP contribution in [-0.2, 0) is 0 Å². The Morgan fingerprint density at radius 1 is 1.58 bits per heavy atom. The van der Waals surface area contributed by atoms with Crippen LogP contribution >= 0.6 is 0 Å². The number of nitrogens with zero attached hydrogens (tertiary/aromatic N) is 1. The summed E-state index contributed by atoms with van der Waals surface area (Å²) in [6.07, 6.45) is 3.12. The first-order valence-electron chi connectivity index (χ1n) is 4.50. The lowest BCUT2D eigenvalue weighted by Gasteiger charge is -2.10. The molecule has 0 aromatic carbocycles. The van der Waals surface area contributed by atoms with Gasteiger partial charge in [-0.25, -0.2) is 0 Å². The third kappa shape index (κ3) is 1.34. The van der Waals surface area contributed by atoms with Gasteiger partial charge in [-0.3, -0.25) is 4.98 Å². The molecule has 1 saturated heterocycles. The molecule has 2 nitrogen and oxygen atoms in total. The molecule has 1 atom stereocenters. The van der Waals surface area contributed by atoms with Crippen LogP contribution in [0.4, 0.5) is 0 Å². The van der Waals surface area contributed by atoms with Crippen LogP contribution in [-0.4, -0.2) is 18.1 Å². The van der Waals surface area contributed by atoms with Crippen molar-refractivity contribution in [3.05, 3.63) is 29.6 Å². The molecule has 0 aliphatic carbocycles. The summed E-state index contributed by atoms with van der Waals surface area (Å²) in [4.78, 5) is 4.30. The third-order valence-electron chi connectivity index (χ3n) is 2.55. The van der Waals surface area contributed by atoms with Crippen LogP contribution in [0.1, 0.15) is 23.6 Å². The highest BCUT2D eigenvalue weighted by molar-refractivity contribution is 5.24. The first-order chi connectivity index (χ1) is 5.88. The molecule has 1 aromatic heterocycles. The van der Waals surface area contributed by atoms with Crippen molar-refractivity contribution in [2.45, 2.75) is 19.3 Å². The number of aryl methyl sites for hydroxylation is 1. The Bertz CT molecular complexity index is 264. The SMILES string of the molecule is Cc1ncccc1C1CCNC1. The standard InChI is InChI=1S/C10H14N2/c1-8-10(3-2-5-12-8)9-4-6-11-7-9/h2-3,5,9,11H,4,6-7H2,1H3. The molecule has 0 radical (unpaired) electrons. The zero-order valence-corrected chi connectivity index (χ0v) is 7.38. The third-order valence-corrected chi connectivity index (χ3v) is 2.55. The average molecular weight is 162 g/mol. The molecule has 1 aromatic rings. The van der Waals surface area contributed by atoms with E-state index < -0.39 is 0 Å². The van der Waals surface area contributed by atoms with E-state index in [0.717, 1.165) is 13.1 Å². The van der Waals surface area contributed by atoms with E-state index in [-0.39, 0.29) is 0 Å². The zero-order valence-electron chi connectivity index (χ0n) is 7.38. The topological polar surface area (TPSA) is 24.9 Å². The molecule has 2 rings (SSSR count). The quantitative estimate of drug-likeness (QED) is 0.676. The van der Waals surface area contributed by atoms with E-state index in [2.05, 4.69) is 23.3 Å². The molecule has 0 amide bonds. The minimum Gasteiger partial charge on any atom is -0.316 e. The Balaban J connectivity index is 2.26. The summed E-state index contributed by atoms with van der Waals surface area (Å²) >= 11 is 0. The number of hydrogen-bond donors (Lipinski definition) is 1. The van der Waals surface area contributed by atoms with Crippen LogP contribution < -0.4 is 5.32 Å². The molecule has 2 heterocycles. The maximum atomic E-state index is 4.30. The Labute approximate surface area is 73.0 Å². The Hall–Kier alpha value is -0.890. The Morgan fingerprint density at radius 2 is 2.50 bits per heavy atom. The van der Waals surface area contributed by atoms with E-state index in [9.17, 15) is 0 Å². The van der Waals surface area contributed by atoms with E-state index in [1.54, 1.807) is 0 Å². The van der Waals surface area contributed by atoms with Gasteiger partial charge in [-0.15, -0.1) is 0 Å². The van der Waals surface area contributed by atoms with Gasteiger partial charge >= 0.3 is 0 Å². The molecule has 0 bridgehead atoms. The van der Waals surface area contributed by atoms with Crippen molar-refractivity contribution in [1.82, 2.24) is 10.3 Å². The van der Waals surface area contributed by atoms with Crippen molar-refractivity contribution in [1.29, 1.82) is 0 Å². The van der Waals surface area contributed by atoms with Gasteiger partial charge in [0.05, 0.1) is 0 Å². The number of aromatic nitrogens is 1. The summed E-state index contributed by atoms with van der Waals surface area (Å²) < 4.78 is 0. The zero-order chi connectivity index (χ0) is 8.39. The van der Waals surface area contributed by atoms with Crippen LogP contribution in [0, 0.1) is 6.92 Å². The highest BCUT2D eigenvalue weighted by Gasteiger charge is 2.17. The fraction of sp³-hybridized carbons (Fsp3) is 0.500. The molecular weight excluding hydrogens is 148 g/mol. The van der Waals surface area contributed by atoms with Gasteiger partial charge in [0, 0.05) is 18.4 Å². The summed E-state index contributed by atoms with van der Waals surface area (Å²) in [5, 5.41) is 3.37. The van der Waals surface area contributed by atoms with Gasteiger partial charge in [0.2, 0.25) is 0 Å². The van der Waals surface area contributed by atoms with Crippen LogP contribution in [0.15, 0.2) is 18.3 Å². The first kappa shape index (κ1) is 7.74. The molecule has 1 aliphatic heterocycles. The summed E-state index contributed by atoms with van der Waals surface area (Å²) in [5.74, 6) is 0.693. The minimum absolute atomic E-state index is 0.693. The van der Waals surface area contributed by atoms with Crippen molar-refractivity contribution in [3.63, 3.8) is 0 Å². The van der Waals surface area contributed by atoms with E-state index in [1.807, 2.05) is 12.3 Å². The van der Waals surface area contributed by atoms with Gasteiger partial charge in [0.15, 0.2) is 0 Å². The monoisotopic (exact) mass is 162 g/mol. The lowest BCUT2D eigenvalue weighted by atomic mass is 9.97. The number of pyridine rings is 1. The maximum absolute atomic E-state index is 4.30. The van der Waals surface area contributed by atoms with E-state index >= 15 is 0 Å². The lowest BCUT2D eigenvalue weighted by molar-refractivity contribution is 0.750. The van der Waals surface area contributed by atoms with Gasteiger partial charge in [0.25, 0.3) is 0 Å². The van der Waals surface area contributed by atoms with Crippen molar-refractivity contribution in [2.24, 2.45) is 0 Å². The van der Waals surface area contributed by atoms with Crippen LogP contribution in [0.2, 0.25) is 0 Å². The van der Waals surface area contributed by atoms with Crippen molar-refractivity contribution >= 4 is 0 Å². The Kier molecular flexibility index (Phi) is 2.09. The van der Waals surface area contributed by atoms with E-state index in [0.29, 0.717) is 5.92 Å². The molecule has 1 unspecified atom stereocenters. The molecule has 1 N–H and O–H groups in total. The van der Waals surface area contributed by atoms with Crippen molar-refractivity contribution < 1.29 is 0 Å². The second-order valence-corrected chi connectivity index (χ2v) is 3.37. The van der Waals surface area contributed by atoms with Crippen LogP contribution in [0.3, 0.4) is 0 Å². The molecule has 1 aliphatic rings. The van der Waals surface area contributed by atoms with Gasteiger partial charge in [-0.1, -0.05) is 6.07 Å². The normalized spacial score (nSPS) is 22.9. The summed E-state index contributed by atoms with van der Waals surface area (Å²) in [6.45, 7) is 4.36. The van der Waals surface area contributed by atoms with Gasteiger partial charge in [-0.2, -0.15) is 0 Å². The number of hydrogen-bond acceptors (Lipinski definition) is 2. The molecule has 64 valence electrons.